The van der Waals surface area contributed by atoms with Gasteiger partial charge in [-0.25, -0.2) is 0 Å². The predicted octanol–water partition coefficient (Wildman–Crippen LogP) is 6.94. The second-order valence-electron chi connectivity index (χ2n) is 7.09. The molecule has 5 nitrogen and oxygen atoms in total. The first-order chi connectivity index (χ1) is 16.0. The van der Waals surface area contributed by atoms with Crippen LogP contribution >= 0.6 is 34.8 Å². The van der Waals surface area contributed by atoms with Crippen LogP contribution in [0.1, 0.15) is 21.5 Å². The molecule has 0 aliphatic rings. The lowest BCUT2D eigenvalue weighted by atomic mass is 9.85. The van der Waals surface area contributed by atoms with Gasteiger partial charge in [-0.15, -0.1) is 0 Å². The second-order valence-corrected chi connectivity index (χ2v) is 8.34. The molecular weight excluding hydrogens is 516 g/mol. The van der Waals surface area contributed by atoms with Crippen molar-refractivity contribution in [2.45, 2.75) is 11.8 Å². The number of nitrogens with one attached hydrogen (secondary N) is 1. The zero-order valence-corrected chi connectivity index (χ0v) is 20.0. The number of methoxy groups -OCH3 is 2. The average molecular weight is 534 g/mol. The summed E-state index contributed by atoms with van der Waals surface area (Å²) in [5.74, 6) is -0.547. The molecule has 3 aromatic carbocycles. The number of carbonyl (C=O) groups is 1. The first kappa shape index (κ1) is 26.0. The summed E-state index contributed by atoms with van der Waals surface area (Å²) in [7, 11) is 2.27. The molecule has 0 bridgehead atoms. The van der Waals surface area contributed by atoms with Crippen molar-refractivity contribution >= 4 is 52.1 Å². The third-order valence-electron chi connectivity index (χ3n) is 5.14. The maximum atomic E-state index is 14.4. The highest BCUT2D eigenvalue weighted by Gasteiger charge is 2.58. The number of benzene rings is 3. The van der Waals surface area contributed by atoms with Crippen molar-refractivity contribution in [2.75, 3.05) is 25.3 Å². The fraction of sp³-hybridized carbons (Fsp3) is 0.174. The number of anilines is 2. The highest BCUT2D eigenvalue weighted by molar-refractivity contribution is 6.40. The van der Waals surface area contributed by atoms with Crippen molar-refractivity contribution in [2.24, 2.45) is 0 Å². The summed E-state index contributed by atoms with van der Waals surface area (Å²) in [6, 6.07) is 11.6. The van der Waals surface area contributed by atoms with Gasteiger partial charge >= 0.3 is 6.18 Å². The van der Waals surface area contributed by atoms with E-state index in [0.29, 0.717) is 0 Å². The SMILES string of the molecule is COc1c(N)cccc1C(=O)Nc1c(Cl)cc(C(OC)(c2ccc(Cl)cc2)C(F)(F)F)cc1Cl. The maximum Gasteiger partial charge on any atom is 0.425 e. The average Bonchev–Trinajstić information content (AvgIpc) is 2.77. The van der Waals surface area contributed by atoms with Gasteiger partial charge in [0.2, 0.25) is 5.60 Å². The summed E-state index contributed by atoms with van der Waals surface area (Å²) in [5.41, 5.74) is 2.52. The number of amides is 1. The first-order valence-electron chi connectivity index (χ1n) is 9.57. The summed E-state index contributed by atoms with van der Waals surface area (Å²) < 4.78 is 53.5. The van der Waals surface area contributed by atoms with E-state index in [0.717, 1.165) is 19.2 Å². The van der Waals surface area contributed by atoms with Crippen molar-refractivity contribution in [3.63, 3.8) is 0 Å². The Morgan fingerprint density at radius 3 is 2.03 bits per heavy atom. The van der Waals surface area contributed by atoms with E-state index in [9.17, 15) is 18.0 Å². The van der Waals surface area contributed by atoms with Crippen LogP contribution in [0, 0.1) is 0 Å². The predicted molar refractivity (Wildman–Crippen MR) is 127 cm³/mol. The normalized spacial score (nSPS) is 13.3. The molecule has 3 N–H and O–H groups in total. The van der Waals surface area contributed by atoms with Crippen LogP contribution in [-0.4, -0.2) is 26.3 Å². The Balaban J connectivity index is 2.10. The van der Waals surface area contributed by atoms with Crippen LogP contribution in [-0.2, 0) is 10.3 Å². The molecule has 0 spiro atoms. The smallest absolute Gasteiger partial charge is 0.425 e. The van der Waals surface area contributed by atoms with Gasteiger partial charge in [-0.1, -0.05) is 53.0 Å². The van der Waals surface area contributed by atoms with E-state index in [2.05, 4.69) is 5.32 Å². The van der Waals surface area contributed by atoms with Gasteiger partial charge in [0, 0.05) is 17.7 Å². The Labute approximate surface area is 208 Å². The Morgan fingerprint density at radius 2 is 1.53 bits per heavy atom. The molecule has 34 heavy (non-hydrogen) atoms. The van der Waals surface area contributed by atoms with E-state index in [1.54, 1.807) is 12.1 Å². The summed E-state index contributed by atoms with van der Waals surface area (Å²) >= 11 is 18.4. The maximum absolute atomic E-state index is 14.4. The lowest BCUT2D eigenvalue weighted by Gasteiger charge is -2.35. The molecule has 0 fully saturated rings. The van der Waals surface area contributed by atoms with Gasteiger partial charge < -0.3 is 20.5 Å². The van der Waals surface area contributed by atoms with E-state index >= 15 is 0 Å². The molecule has 1 amide bonds. The number of ether oxygens (including phenoxy) is 2. The van der Waals surface area contributed by atoms with Gasteiger partial charge in [0.05, 0.1) is 34.1 Å². The van der Waals surface area contributed by atoms with Crippen LogP contribution in [0.15, 0.2) is 54.6 Å². The summed E-state index contributed by atoms with van der Waals surface area (Å²) in [5, 5.41) is 2.28. The molecule has 0 saturated heterocycles. The second kappa shape index (κ2) is 9.92. The minimum Gasteiger partial charge on any atom is -0.494 e. The third kappa shape index (κ3) is 4.63. The largest absolute Gasteiger partial charge is 0.494 e. The van der Waals surface area contributed by atoms with Crippen LogP contribution in [0.25, 0.3) is 0 Å². The number of nitrogens with two attached hydrogens (primary N) is 1. The van der Waals surface area contributed by atoms with Crippen LogP contribution in [0.4, 0.5) is 24.5 Å². The minimum absolute atomic E-state index is 0.0846. The topological polar surface area (TPSA) is 73.6 Å². The Hall–Kier alpha value is -2.65. The van der Waals surface area contributed by atoms with Gasteiger partial charge in [-0.2, -0.15) is 13.2 Å². The quantitative estimate of drug-likeness (QED) is 0.337. The van der Waals surface area contributed by atoms with E-state index < -0.39 is 17.7 Å². The molecule has 1 unspecified atom stereocenters. The number of nitrogen functional groups attached to an aromatic ring is 1. The number of alkyl halides is 3. The Kier molecular flexibility index (Phi) is 7.57. The van der Waals surface area contributed by atoms with E-state index in [-0.39, 0.29) is 48.9 Å². The lowest BCUT2D eigenvalue weighted by molar-refractivity contribution is -0.258. The number of carbonyl (C=O) groups excluding carboxylic acids is 1. The Morgan fingerprint density at radius 1 is 0.941 bits per heavy atom. The highest BCUT2D eigenvalue weighted by atomic mass is 35.5. The van der Waals surface area contributed by atoms with E-state index in [4.69, 9.17) is 50.0 Å². The van der Waals surface area contributed by atoms with Gasteiger partial charge in [0.15, 0.2) is 5.75 Å². The minimum atomic E-state index is -4.90. The number of rotatable bonds is 6. The highest BCUT2D eigenvalue weighted by Crippen LogP contribution is 2.49. The van der Waals surface area contributed by atoms with Gasteiger partial charge in [0.1, 0.15) is 0 Å². The monoisotopic (exact) mass is 532 g/mol. The van der Waals surface area contributed by atoms with Gasteiger partial charge in [-0.05, 0) is 42.0 Å². The van der Waals surface area contributed by atoms with Crippen LogP contribution in [0.3, 0.4) is 0 Å². The van der Waals surface area contributed by atoms with Crippen LogP contribution in [0.2, 0.25) is 15.1 Å². The van der Waals surface area contributed by atoms with Gasteiger partial charge in [-0.3, -0.25) is 4.79 Å². The fourth-order valence-corrected chi connectivity index (χ4v) is 4.28. The zero-order chi connectivity index (χ0) is 25.3. The fourth-order valence-electron chi connectivity index (χ4n) is 3.57. The molecule has 0 aromatic heterocycles. The molecule has 0 radical (unpaired) electrons. The molecule has 0 aliphatic heterocycles. The standard InChI is InChI=1S/C23H18Cl3F3N2O3/c1-33-20-15(4-3-5-18(20)30)21(32)31-19-16(25)10-13(11-17(19)26)22(34-2,23(27,28)29)12-6-8-14(24)9-7-12/h3-11H,30H2,1-2H3,(H,31,32). The molecule has 0 aliphatic carbocycles. The molecule has 11 heteroatoms. The van der Waals surface area contributed by atoms with Crippen LogP contribution < -0.4 is 15.8 Å². The van der Waals surface area contributed by atoms with Crippen molar-refractivity contribution in [3.8, 4) is 5.75 Å². The summed E-state index contributed by atoms with van der Waals surface area (Å²) in [4.78, 5) is 12.8. The van der Waals surface area contributed by atoms with Crippen molar-refractivity contribution in [3.05, 3.63) is 86.4 Å². The van der Waals surface area contributed by atoms with E-state index in [1.165, 1.54) is 37.4 Å². The molecule has 3 aromatic rings. The van der Waals surface area contributed by atoms with Gasteiger partial charge in [0.25, 0.3) is 5.91 Å². The Bertz CT molecular complexity index is 1200. The number of hydrogen-bond donors (Lipinski definition) is 2. The third-order valence-corrected chi connectivity index (χ3v) is 5.99. The number of para-hydroxylation sites is 1. The number of halogens is 6. The van der Waals surface area contributed by atoms with Crippen molar-refractivity contribution in [1.29, 1.82) is 0 Å². The molecule has 0 heterocycles. The van der Waals surface area contributed by atoms with Crippen molar-refractivity contribution < 1.29 is 27.4 Å². The summed E-state index contributed by atoms with van der Waals surface area (Å²) in [6.07, 6.45) is -4.90. The van der Waals surface area contributed by atoms with E-state index in [1.807, 2.05) is 0 Å². The summed E-state index contributed by atoms with van der Waals surface area (Å²) in [6.45, 7) is 0. The lowest BCUT2D eigenvalue weighted by Crippen LogP contribution is -2.45. The van der Waals surface area contributed by atoms with Crippen LogP contribution in [0.5, 0.6) is 5.75 Å². The number of hydrogen-bond acceptors (Lipinski definition) is 4. The molecule has 3 rings (SSSR count). The zero-order valence-electron chi connectivity index (χ0n) is 17.8. The molecule has 0 saturated carbocycles. The van der Waals surface area contributed by atoms with Crippen molar-refractivity contribution in [1.82, 2.24) is 0 Å². The molecular formula is C23H18Cl3F3N2O3. The first-order valence-corrected chi connectivity index (χ1v) is 10.7. The molecule has 180 valence electrons. The molecule has 1 atom stereocenters.